The van der Waals surface area contributed by atoms with Crippen molar-refractivity contribution in [3.63, 3.8) is 0 Å². The molecular formula is C18H20O3. The second kappa shape index (κ2) is 5.78. The monoisotopic (exact) mass is 284 g/mol. The van der Waals surface area contributed by atoms with Gasteiger partial charge in [-0.25, -0.2) is 0 Å². The average Bonchev–Trinajstić information content (AvgIpc) is 2.51. The Morgan fingerprint density at radius 1 is 1.14 bits per heavy atom. The van der Waals surface area contributed by atoms with Crippen molar-refractivity contribution in [2.24, 2.45) is 0 Å². The van der Waals surface area contributed by atoms with E-state index < -0.39 is 6.10 Å². The predicted octanol–water partition coefficient (Wildman–Crippen LogP) is 3.47. The lowest BCUT2D eigenvalue weighted by molar-refractivity contribution is 0.149. The summed E-state index contributed by atoms with van der Waals surface area (Å²) in [5.74, 6) is 1.86. The van der Waals surface area contributed by atoms with Crippen LogP contribution in [-0.4, -0.2) is 19.3 Å². The number of benzene rings is 2. The Balaban J connectivity index is 1.78. The molecule has 2 unspecified atom stereocenters. The van der Waals surface area contributed by atoms with Crippen molar-refractivity contribution in [1.82, 2.24) is 0 Å². The molecular weight excluding hydrogens is 264 g/mol. The standard InChI is InChI=1S/C18H20O3/c1-20-14-7-8-18(21-2)16(11-14)17(19)10-13-9-12-5-3-4-6-15(12)13/h3-8,11,13,17,19H,9-10H2,1-2H3. The van der Waals surface area contributed by atoms with Crippen LogP contribution < -0.4 is 9.47 Å². The van der Waals surface area contributed by atoms with Gasteiger partial charge in [-0.05, 0) is 48.1 Å². The van der Waals surface area contributed by atoms with Crippen molar-refractivity contribution >= 4 is 0 Å². The number of aliphatic hydroxyl groups is 1. The minimum Gasteiger partial charge on any atom is -0.497 e. The highest BCUT2D eigenvalue weighted by atomic mass is 16.5. The quantitative estimate of drug-likeness (QED) is 0.913. The minimum atomic E-state index is -0.548. The molecule has 110 valence electrons. The maximum absolute atomic E-state index is 10.6. The Kier molecular flexibility index (Phi) is 3.84. The minimum absolute atomic E-state index is 0.423. The summed E-state index contributed by atoms with van der Waals surface area (Å²) in [5, 5.41) is 10.6. The van der Waals surface area contributed by atoms with Crippen LogP contribution >= 0.6 is 0 Å². The van der Waals surface area contributed by atoms with E-state index >= 15 is 0 Å². The Labute approximate surface area is 125 Å². The van der Waals surface area contributed by atoms with E-state index in [9.17, 15) is 5.11 Å². The molecule has 0 heterocycles. The molecule has 0 saturated heterocycles. The van der Waals surface area contributed by atoms with E-state index in [1.54, 1.807) is 14.2 Å². The molecule has 0 bridgehead atoms. The largest absolute Gasteiger partial charge is 0.497 e. The highest BCUT2D eigenvalue weighted by Gasteiger charge is 2.29. The fourth-order valence-electron chi connectivity index (χ4n) is 3.07. The van der Waals surface area contributed by atoms with Crippen LogP contribution in [-0.2, 0) is 6.42 Å². The smallest absolute Gasteiger partial charge is 0.124 e. The van der Waals surface area contributed by atoms with Crippen LogP contribution in [0.5, 0.6) is 11.5 Å². The van der Waals surface area contributed by atoms with Gasteiger partial charge in [0.2, 0.25) is 0 Å². The molecule has 1 aliphatic carbocycles. The molecule has 0 amide bonds. The highest BCUT2D eigenvalue weighted by Crippen LogP contribution is 2.42. The van der Waals surface area contributed by atoms with Crippen LogP contribution in [0, 0.1) is 0 Å². The molecule has 1 N–H and O–H groups in total. The summed E-state index contributed by atoms with van der Waals surface area (Å²) in [6.45, 7) is 0. The Morgan fingerprint density at radius 3 is 2.67 bits per heavy atom. The Bertz CT molecular complexity index is 636. The molecule has 2 aromatic rings. The van der Waals surface area contributed by atoms with Gasteiger partial charge in [0.1, 0.15) is 11.5 Å². The predicted molar refractivity (Wildman–Crippen MR) is 82.0 cm³/mol. The van der Waals surface area contributed by atoms with Gasteiger partial charge in [0, 0.05) is 5.56 Å². The average molecular weight is 284 g/mol. The number of hydrogen-bond acceptors (Lipinski definition) is 3. The summed E-state index contributed by atoms with van der Waals surface area (Å²) in [7, 11) is 3.25. The maximum atomic E-state index is 10.6. The number of hydrogen-bond donors (Lipinski definition) is 1. The van der Waals surface area contributed by atoms with Crippen LogP contribution in [0.4, 0.5) is 0 Å². The summed E-state index contributed by atoms with van der Waals surface area (Å²) in [5.41, 5.74) is 3.55. The lowest BCUT2D eigenvalue weighted by Crippen LogP contribution is -2.19. The molecule has 1 aliphatic rings. The van der Waals surface area contributed by atoms with Crippen molar-refractivity contribution in [2.45, 2.75) is 24.9 Å². The first-order valence-electron chi connectivity index (χ1n) is 7.20. The van der Waals surface area contributed by atoms with Crippen LogP contribution in [0.15, 0.2) is 42.5 Å². The first-order chi connectivity index (χ1) is 10.2. The van der Waals surface area contributed by atoms with Crippen LogP contribution in [0.1, 0.15) is 35.1 Å². The molecule has 21 heavy (non-hydrogen) atoms. The molecule has 3 nitrogen and oxygen atoms in total. The van der Waals surface area contributed by atoms with Gasteiger partial charge in [0.05, 0.1) is 20.3 Å². The number of methoxy groups -OCH3 is 2. The number of ether oxygens (including phenoxy) is 2. The lowest BCUT2D eigenvalue weighted by Gasteiger charge is -2.32. The van der Waals surface area contributed by atoms with Crippen LogP contribution in [0.2, 0.25) is 0 Å². The zero-order valence-corrected chi connectivity index (χ0v) is 12.4. The summed E-state index contributed by atoms with van der Waals surface area (Å²) in [6, 6.07) is 14.0. The Hall–Kier alpha value is -2.00. The van der Waals surface area contributed by atoms with E-state index in [-0.39, 0.29) is 0 Å². The highest BCUT2D eigenvalue weighted by molar-refractivity contribution is 5.43. The number of aliphatic hydroxyl groups excluding tert-OH is 1. The van der Waals surface area contributed by atoms with Gasteiger partial charge >= 0.3 is 0 Å². The van der Waals surface area contributed by atoms with Crippen molar-refractivity contribution in [2.75, 3.05) is 14.2 Å². The maximum Gasteiger partial charge on any atom is 0.124 e. The Morgan fingerprint density at radius 2 is 1.95 bits per heavy atom. The third-order valence-electron chi connectivity index (χ3n) is 4.26. The van der Waals surface area contributed by atoms with Gasteiger partial charge in [0.15, 0.2) is 0 Å². The molecule has 3 rings (SSSR count). The van der Waals surface area contributed by atoms with E-state index in [1.807, 2.05) is 18.2 Å². The molecule has 0 aromatic heterocycles. The van der Waals surface area contributed by atoms with E-state index in [0.717, 1.165) is 17.7 Å². The molecule has 0 radical (unpaired) electrons. The molecule has 0 saturated carbocycles. The fraction of sp³-hybridized carbons (Fsp3) is 0.333. The van der Waals surface area contributed by atoms with Crippen molar-refractivity contribution in [3.05, 3.63) is 59.2 Å². The molecule has 0 spiro atoms. The SMILES string of the molecule is COc1ccc(OC)c(C(O)CC2Cc3ccccc32)c1. The van der Waals surface area contributed by atoms with Gasteiger partial charge in [-0.1, -0.05) is 24.3 Å². The molecule has 0 fully saturated rings. The second-order valence-electron chi connectivity index (χ2n) is 5.46. The summed E-state index contributed by atoms with van der Waals surface area (Å²) in [6.07, 6.45) is 1.20. The first kappa shape index (κ1) is 14.0. The number of fused-ring (bicyclic) bond motifs is 1. The van der Waals surface area contributed by atoms with Crippen molar-refractivity contribution in [1.29, 1.82) is 0 Å². The van der Waals surface area contributed by atoms with Crippen molar-refractivity contribution < 1.29 is 14.6 Å². The normalized spacial score (nSPS) is 17.6. The summed E-state index contributed by atoms with van der Waals surface area (Å²) >= 11 is 0. The van der Waals surface area contributed by atoms with E-state index in [4.69, 9.17) is 9.47 Å². The summed E-state index contributed by atoms with van der Waals surface area (Å²) in [4.78, 5) is 0. The van der Waals surface area contributed by atoms with E-state index in [0.29, 0.717) is 18.1 Å². The molecule has 0 aliphatic heterocycles. The fourth-order valence-corrected chi connectivity index (χ4v) is 3.07. The van der Waals surface area contributed by atoms with E-state index in [2.05, 4.69) is 24.3 Å². The summed E-state index contributed by atoms with van der Waals surface area (Å²) < 4.78 is 10.6. The van der Waals surface area contributed by atoms with Gasteiger partial charge in [-0.15, -0.1) is 0 Å². The van der Waals surface area contributed by atoms with Crippen molar-refractivity contribution in [3.8, 4) is 11.5 Å². The third kappa shape index (κ3) is 2.61. The van der Waals surface area contributed by atoms with Crippen LogP contribution in [0.3, 0.4) is 0 Å². The molecule has 2 atom stereocenters. The lowest BCUT2D eigenvalue weighted by atomic mass is 9.74. The topological polar surface area (TPSA) is 38.7 Å². The van der Waals surface area contributed by atoms with Crippen LogP contribution in [0.25, 0.3) is 0 Å². The van der Waals surface area contributed by atoms with Gasteiger partial charge < -0.3 is 14.6 Å². The third-order valence-corrected chi connectivity index (χ3v) is 4.26. The molecule has 2 aromatic carbocycles. The second-order valence-corrected chi connectivity index (χ2v) is 5.46. The zero-order chi connectivity index (χ0) is 14.8. The molecule has 3 heteroatoms. The zero-order valence-electron chi connectivity index (χ0n) is 12.4. The van der Waals surface area contributed by atoms with E-state index in [1.165, 1.54) is 11.1 Å². The van der Waals surface area contributed by atoms with Gasteiger partial charge in [-0.2, -0.15) is 0 Å². The van der Waals surface area contributed by atoms with Gasteiger partial charge in [0.25, 0.3) is 0 Å². The first-order valence-corrected chi connectivity index (χ1v) is 7.20. The number of rotatable bonds is 5. The van der Waals surface area contributed by atoms with Gasteiger partial charge in [-0.3, -0.25) is 0 Å².